The summed E-state index contributed by atoms with van der Waals surface area (Å²) >= 11 is 3.85. The minimum atomic E-state index is 0.451. The summed E-state index contributed by atoms with van der Waals surface area (Å²) in [7, 11) is 0. The highest BCUT2D eigenvalue weighted by atomic mass is 32.2. The average molecular weight is 270 g/mol. The molecule has 4 heteroatoms. The van der Waals surface area contributed by atoms with Crippen molar-refractivity contribution in [2.45, 2.75) is 57.4 Å². The van der Waals surface area contributed by atoms with Gasteiger partial charge in [-0.15, -0.1) is 11.3 Å². The van der Waals surface area contributed by atoms with Crippen molar-refractivity contribution < 1.29 is 0 Å². The Hall–Kier alpha value is -0.0600. The molecule has 0 radical (unpaired) electrons. The Balaban J connectivity index is 1.93. The molecule has 1 aromatic heterocycles. The summed E-state index contributed by atoms with van der Waals surface area (Å²) in [6.45, 7) is 6.48. The molecule has 3 atom stereocenters. The molecule has 0 spiro atoms. The standard InChI is InChI=1S/C13H22N2S2/c1-8-13(17-10(3)14-8)9(2)15-11-5-6-12(7-11)16-4/h9,11-12,15H,5-7H2,1-4H3. The van der Waals surface area contributed by atoms with Gasteiger partial charge in [0, 0.05) is 22.2 Å². The van der Waals surface area contributed by atoms with Crippen LogP contribution in [0.5, 0.6) is 0 Å². The lowest BCUT2D eigenvalue weighted by Gasteiger charge is -2.19. The molecule has 96 valence electrons. The first kappa shape index (κ1) is 13.4. The summed E-state index contributed by atoms with van der Waals surface area (Å²) in [6.07, 6.45) is 6.24. The number of thiazole rings is 1. The van der Waals surface area contributed by atoms with Gasteiger partial charge in [-0.3, -0.25) is 0 Å². The number of rotatable bonds is 4. The fraction of sp³-hybridized carbons (Fsp3) is 0.769. The zero-order chi connectivity index (χ0) is 12.4. The number of aryl methyl sites for hydroxylation is 2. The van der Waals surface area contributed by atoms with E-state index in [1.807, 2.05) is 23.1 Å². The molecule has 0 saturated heterocycles. The van der Waals surface area contributed by atoms with Crippen LogP contribution < -0.4 is 5.32 Å². The van der Waals surface area contributed by atoms with Crippen LogP contribution >= 0.6 is 23.1 Å². The molecular formula is C13H22N2S2. The molecule has 2 rings (SSSR count). The topological polar surface area (TPSA) is 24.9 Å². The van der Waals surface area contributed by atoms with Gasteiger partial charge in [0.05, 0.1) is 10.7 Å². The maximum absolute atomic E-state index is 4.51. The fourth-order valence-corrected chi connectivity index (χ4v) is 4.42. The SMILES string of the molecule is CSC1CCC(NC(C)c2sc(C)nc2C)C1. The number of hydrogen-bond donors (Lipinski definition) is 1. The van der Waals surface area contributed by atoms with Gasteiger partial charge >= 0.3 is 0 Å². The number of thioether (sulfide) groups is 1. The summed E-state index contributed by atoms with van der Waals surface area (Å²) in [5, 5.41) is 5.82. The van der Waals surface area contributed by atoms with Crippen molar-refractivity contribution in [3.63, 3.8) is 0 Å². The molecular weight excluding hydrogens is 248 g/mol. The van der Waals surface area contributed by atoms with Crippen LogP contribution in [0.25, 0.3) is 0 Å². The Morgan fingerprint density at radius 2 is 2.18 bits per heavy atom. The highest BCUT2D eigenvalue weighted by Gasteiger charge is 2.25. The van der Waals surface area contributed by atoms with Crippen LogP contribution in [0.2, 0.25) is 0 Å². The van der Waals surface area contributed by atoms with Crippen LogP contribution in [0.1, 0.15) is 47.8 Å². The van der Waals surface area contributed by atoms with Crippen molar-refractivity contribution in [2.75, 3.05) is 6.26 Å². The van der Waals surface area contributed by atoms with Gasteiger partial charge in [-0.25, -0.2) is 4.98 Å². The van der Waals surface area contributed by atoms with Gasteiger partial charge in [0.2, 0.25) is 0 Å². The third kappa shape index (κ3) is 3.24. The molecule has 3 unspecified atom stereocenters. The first-order valence-electron chi connectivity index (χ1n) is 6.33. The lowest BCUT2D eigenvalue weighted by molar-refractivity contribution is 0.465. The Kier molecular flexibility index (Phi) is 4.50. The fourth-order valence-electron chi connectivity index (χ4n) is 2.68. The summed E-state index contributed by atoms with van der Waals surface area (Å²) in [5.74, 6) is 0. The van der Waals surface area contributed by atoms with Gasteiger partial charge in [0.15, 0.2) is 0 Å². The van der Waals surface area contributed by atoms with Crippen LogP contribution in [-0.4, -0.2) is 22.5 Å². The largest absolute Gasteiger partial charge is 0.307 e. The second kappa shape index (κ2) is 5.72. The number of nitrogens with one attached hydrogen (secondary N) is 1. The minimum Gasteiger partial charge on any atom is -0.307 e. The van der Waals surface area contributed by atoms with Gasteiger partial charge in [-0.2, -0.15) is 11.8 Å². The summed E-state index contributed by atoms with van der Waals surface area (Å²) in [5.41, 5.74) is 1.20. The summed E-state index contributed by atoms with van der Waals surface area (Å²) < 4.78 is 0. The van der Waals surface area contributed by atoms with E-state index in [0.717, 1.165) is 5.25 Å². The van der Waals surface area contributed by atoms with Crippen LogP contribution in [0.3, 0.4) is 0 Å². The molecule has 1 aliphatic carbocycles. The Morgan fingerprint density at radius 3 is 2.71 bits per heavy atom. The van der Waals surface area contributed by atoms with Crippen LogP contribution in [-0.2, 0) is 0 Å². The van der Waals surface area contributed by atoms with Crippen molar-refractivity contribution in [3.8, 4) is 0 Å². The average Bonchev–Trinajstić information content (AvgIpc) is 2.85. The second-order valence-electron chi connectivity index (χ2n) is 4.94. The van der Waals surface area contributed by atoms with Gasteiger partial charge in [0.1, 0.15) is 0 Å². The van der Waals surface area contributed by atoms with E-state index in [0.29, 0.717) is 12.1 Å². The zero-order valence-electron chi connectivity index (χ0n) is 11.1. The third-order valence-electron chi connectivity index (χ3n) is 3.54. The van der Waals surface area contributed by atoms with E-state index in [2.05, 4.69) is 37.3 Å². The molecule has 0 amide bonds. The number of hydrogen-bond acceptors (Lipinski definition) is 4. The first-order chi connectivity index (χ1) is 8.10. The second-order valence-corrected chi connectivity index (χ2v) is 7.31. The molecule has 2 nitrogen and oxygen atoms in total. The van der Waals surface area contributed by atoms with E-state index >= 15 is 0 Å². The Morgan fingerprint density at radius 1 is 1.41 bits per heavy atom. The van der Waals surface area contributed by atoms with Gasteiger partial charge in [-0.05, 0) is 46.3 Å². The summed E-state index contributed by atoms with van der Waals surface area (Å²) in [6, 6.07) is 1.15. The molecule has 1 fully saturated rings. The van der Waals surface area contributed by atoms with Crippen molar-refractivity contribution in [2.24, 2.45) is 0 Å². The molecule has 1 saturated carbocycles. The maximum Gasteiger partial charge on any atom is 0.0900 e. The Labute approximate surface area is 113 Å². The normalized spacial score (nSPS) is 26.4. The highest BCUT2D eigenvalue weighted by Crippen LogP contribution is 2.31. The maximum atomic E-state index is 4.51. The summed E-state index contributed by atoms with van der Waals surface area (Å²) in [4.78, 5) is 5.92. The minimum absolute atomic E-state index is 0.451. The molecule has 1 heterocycles. The molecule has 0 aromatic carbocycles. The van der Waals surface area contributed by atoms with Gasteiger partial charge < -0.3 is 5.32 Å². The predicted octanol–water partition coefficient (Wildman–Crippen LogP) is 3.69. The smallest absolute Gasteiger partial charge is 0.0900 e. The zero-order valence-corrected chi connectivity index (χ0v) is 12.8. The van der Waals surface area contributed by atoms with Crippen molar-refractivity contribution in [3.05, 3.63) is 15.6 Å². The quantitative estimate of drug-likeness (QED) is 0.903. The molecule has 17 heavy (non-hydrogen) atoms. The van der Waals surface area contributed by atoms with Crippen LogP contribution in [0.15, 0.2) is 0 Å². The molecule has 1 N–H and O–H groups in total. The molecule has 0 aliphatic heterocycles. The van der Waals surface area contributed by atoms with Gasteiger partial charge in [0.25, 0.3) is 0 Å². The van der Waals surface area contributed by atoms with Crippen LogP contribution in [0, 0.1) is 13.8 Å². The molecule has 1 aromatic rings. The van der Waals surface area contributed by atoms with E-state index in [1.54, 1.807) is 0 Å². The highest BCUT2D eigenvalue weighted by molar-refractivity contribution is 7.99. The van der Waals surface area contributed by atoms with Crippen molar-refractivity contribution in [1.29, 1.82) is 0 Å². The number of nitrogens with zero attached hydrogens (tertiary/aromatic N) is 1. The predicted molar refractivity (Wildman–Crippen MR) is 78.1 cm³/mol. The van der Waals surface area contributed by atoms with Crippen LogP contribution in [0.4, 0.5) is 0 Å². The van der Waals surface area contributed by atoms with E-state index < -0.39 is 0 Å². The van der Waals surface area contributed by atoms with E-state index in [4.69, 9.17) is 0 Å². The Bertz CT molecular complexity index is 375. The third-order valence-corrected chi connectivity index (χ3v) is 5.89. The lowest BCUT2D eigenvalue weighted by atomic mass is 10.2. The van der Waals surface area contributed by atoms with Crippen molar-refractivity contribution >= 4 is 23.1 Å². The number of aromatic nitrogens is 1. The van der Waals surface area contributed by atoms with E-state index in [1.165, 1.54) is 34.8 Å². The first-order valence-corrected chi connectivity index (χ1v) is 8.43. The van der Waals surface area contributed by atoms with Crippen molar-refractivity contribution in [1.82, 2.24) is 10.3 Å². The van der Waals surface area contributed by atoms with E-state index in [-0.39, 0.29) is 0 Å². The van der Waals surface area contributed by atoms with Gasteiger partial charge in [-0.1, -0.05) is 0 Å². The lowest BCUT2D eigenvalue weighted by Crippen LogP contribution is -2.29. The monoisotopic (exact) mass is 270 g/mol. The molecule has 0 bridgehead atoms. The van der Waals surface area contributed by atoms with E-state index in [9.17, 15) is 0 Å². The molecule has 1 aliphatic rings.